The van der Waals surface area contributed by atoms with E-state index in [4.69, 9.17) is 31.8 Å². The van der Waals surface area contributed by atoms with E-state index in [0.29, 0.717) is 42.9 Å². The highest BCUT2D eigenvalue weighted by molar-refractivity contribution is 7.93. The molecule has 0 bridgehead atoms. The van der Waals surface area contributed by atoms with Gasteiger partial charge in [-0.05, 0) is 43.7 Å². The van der Waals surface area contributed by atoms with Gasteiger partial charge in [0.25, 0.3) is 5.91 Å². The summed E-state index contributed by atoms with van der Waals surface area (Å²) in [5, 5.41) is 15.4. The van der Waals surface area contributed by atoms with E-state index >= 15 is 0 Å². The van der Waals surface area contributed by atoms with Gasteiger partial charge in [-0.1, -0.05) is 30.4 Å². The Kier molecular flexibility index (Phi) is 10.5. The molecule has 3 rings (SSSR count). The molecule has 6 N–H and O–H groups in total. The molecule has 0 aromatic heterocycles. The van der Waals surface area contributed by atoms with E-state index < -0.39 is 27.7 Å². The topological polar surface area (TPSA) is 193 Å². The maximum absolute atomic E-state index is 13.3. The van der Waals surface area contributed by atoms with Crippen molar-refractivity contribution in [2.75, 3.05) is 36.3 Å². The van der Waals surface area contributed by atoms with Crippen molar-refractivity contribution in [2.45, 2.75) is 32.8 Å². The van der Waals surface area contributed by atoms with Gasteiger partial charge in [-0.15, -0.1) is 0 Å². The van der Waals surface area contributed by atoms with Crippen molar-refractivity contribution in [2.24, 2.45) is 11.5 Å². The molecule has 12 nitrogen and oxygen atoms in total. The molecule has 1 aliphatic heterocycles. The van der Waals surface area contributed by atoms with Gasteiger partial charge in [-0.2, -0.15) is 0 Å². The first-order valence-corrected chi connectivity index (χ1v) is 14.7. The predicted molar refractivity (Wildman–Crippen MR) is 158 cm³/mol. The van der Waals surface area contributed by atoms with Crippen molar-refractivity contribution in [1.29, 1.82) is 10.8 Å². The van der Waals surface area contributed by atoms with Crippen molar-refractivity contribution in [3.8, 4) is 5.75 Å². The summed E-state index contributed by atoms with van der Waals surface area (Å²) < 4.78 is 38.6. The zero-order chi connectivity index (χ0) is 30.2. The number of hydrogen-bond acceptors (Lipinski definition) is 8. The molecule has 0 radical (unpaired) electrons. The van der Waals surface area contributed by atoms with E-state index in [1.807, 2.05) is 4.90 Å². The van der Waals surface area contributed by atoms with Crippen LogP contribution in [0.25, 0.3) is 6.08 Å². The monoisotopic (exact) mass is 584 g/mol. The first-order chi connectivity index (χ1) is 19.4. The van der Waals surface area contributed by atoms with Gasteiger partial charge in [0, 0.05) is 31.5 Å². The minimum absolute atomic E-state index is 0.00244. The van der Waals surface area contributed by atoms with E-state index in [-0.39, 0.29) is 42.1 Å². The molecule has 41 heavy (non-hydrogen) atoms. The molecule has 2 aromatic rings. The molecule has 1 aliphatic rings. The van der Waals surface area contributed by atoms with Crippen LogP contribution in [0.5, 0.6) is 5.75 Å². The van der Waals surface area contributed by atoms with Crippen LogP contribution in [0.4, 0.5) is 5.69 Å². The zero-order valence-electron chi connectivity index (χ0n) is 23.1. The maximum atomic E-state index is 13.3. The predicted octanol–water partition coefficient (Wildman–Crippen LogP) is 2.32. The number of hydrogen-bond donors (Lipinski definition) is 4. The lowest BCUT2D eigenvalue weighted by atomic mass is 10.1. The Labute approximate surface area is 240 Å². The zero-order valence-corrected chi connectivity index (χ0v) is 23.9. The number of amides is 1. The van der Waals surface area contributed by atoms with Crippen LogP contribution in [-0.2, 0) is 19.6 Å². The van der Waals surface area contributed by atoms with E-state index in [1.165, 1.54) is 18.2 Å². The first kappa shape index (κ1) is 31.1. The summed E-state index contributed by atoms with van der Waals surface area (Å²) in [7, 11) is -4.23. The number of esters is 1. The van der Waals surface area contributed by atoms with Crippen molar-refractivity contribution in [3.63, 3.8) is 0 Å². The quantitative estimate of drug-likeness (QED) is 0.166. The van der Waals surface area contributed by atoms with Gasteiger partial charge in [-0.3, -0.25) is 24.7 Å². The summed E-state index contributed by atoms with van der Waals surface area (Å²) in [5.41, 5.74) is 12.5. The summed E-state index contributed by atoms with van der Waals surface area (Å²) in [6.07, 6.45) is 4.33. The average Bonchev–Trinajstić information content (AvgIpc) is 2.91. The first-order valence-electron chi connectivity index (χ1n) is 13.1. The fraction of sp³-hybridized carbons (Fsp3) is 0.357. The molecule has 0 aliphatic carbocycles. The molecular formula is C28H36N6O6S. The number of nitrogen functional groups attached to an aromatic ring is 1. The minimum atomic E-state index is -4.23. The van der Waals surface area contributed by atoms with Crippen LogP contribution in [0.1, 0.15) is 48.2 Å². The van der Waals surface area contributed by atoms with Gasteiger partial charge < -0.3 is 25.8 Å². The Morgan fingerprint density at radius 1 is 1.12 bits per heavy atom. The van der Waals surface area contributed by atoms with E-state index in [9.17, 15) is 18.0 Å². The molecule has 13 heteroatoms. The number of rotatable bonds is 12. The van der Waals surface area contributed by atoms with Crippen LogP contribution in [0.3, 0.4) is 0 Å². The highest BCUT2D eigenvalue weighted by Crippen LogP contribution is 2.29. The molecule has 220 valence electrons. The summed E-state index contributed by atoms with van der Waals surface area (Å²) in [6.45, 7) is 4.44. The normalized spacial score (nSPS) is 14.0. The number of carbonyl (C=O) groups excluding carboxylic acids is 2. The van der Waals surface area contributed by atoms with E-state index in [1.54, 1.807) is 50.3 Å². The summed E-state index contributed by atoms with van der Waals surface area (Å²) >= 11 is 0. The highest BCUT2D eigenvalue weighted by Gasteiger charge is 2.28. The number of piperidine rings is 1. The lowest BCUT2D eigenvalue weighted by Gasteiger charge is -2.33. The third kappa shape index (κ3) is 8.55. The molecule has 1 heterocycles. The van der Waals surface area contributed by atoms with Gasteiger partial charge in [-0.25, -0.2) is 8.42 Å². The standard InChI is InChI=1S/C28H36N6O6S/c1-3-39-26(35)18-41(37,38)34(13-5-7-20-6-4-8-21(16-20)27(30)31)22-9-10-25(24(17-22)28(32)36)40-23-11-14-33(15-12-23)19(2)29/h4-10,16-17,23,29H,3,11-15,18H2,1-2H3,(H3,30,31)(H2,32,36)/b7-5+,29-19?. The fourth-order valence-electron chi connectivity index (χ4n) is 4.36. The third-order valence-electron chi connectivity index (χ3n) is 6.45. The molecule has 2 aromatic carbocycles. The lowest BCUT2D eigenvalue weighted by Crippen LogP contribution is -2.40. The van der Waals surface area contributed by atoms with Crippen molar-refractivity contribution < 1.29 is 27.5 Å². The number of nitrogens with two attached hydrogens (primary N) is 2. The molecule has 1 fully saturated rings. The second kappa shape index (κ2) is 13.8. The van der Waals surface area contributed by atoms with Crippen LogP contribution in [0.2, 0.25) is 0 Å². The molecule has 0 saturated carbocycles. The highest BCUT2D eigenvalue weighted by atomic mass is 32.2. The Bertz CT molecular complexity index is 1430. The number of nitrogens with zero attached hydrogens (tertiary/aromatic N) is 2. The largest absolute Gasteiger partial charge is 0.489 e. The summed E-state index contributed by atoms with van der Waals surface area (Å²) in [5.74, 6) is -1.99. The molecule has 0 atom stereocenters. The summed E-state index contributed by atoms with van der Waals surface area (Å²) in [4.78, 5) is 26.5. The summed E-state index contributed by atoms with van der Waals surface area (Å²) in [6, 6.07) is 11.2. The molecule has 1 saturated heterocycles. The van der Waals surface area contributed by atoms with Crippen LogP contribution < -0.4 is 20.5 Å². The maximum Gasteiger partial charge on any atom is 0.323 e. The van der Waals surface area contributed by atoms with Crippen LogP contribution in [0, 0.1) is 10.8 Å². The number of likely N-dealkylation sites (tertiary alicyclic amines) is 1. The van der Waals surface area contributed by atoms with Gasteiger partial charge >= 0.3 is 5.97 Å². The number of benzene rings is 2. The fourth-order valence-corrected chi connectivity index (χ4v) is 5.65. The van der Waals surface area contributed by atoms with Gasteiger partial charge in [0.15, 0.2) is 5.75 Å². The Hall–Kier alpha value is -4.39. The lowest BCUT2D eigenvalue weighted by molar-refractivity contribution is -0.139. The van der Waals surface area contributed by atoms with Gasteiger partial charge in [0.1, 0.15) is 17.7 Å². The number of primary amides is 1. The van der Waals surface area contributed by atoms with Crippen molar-refractivity contribution in [1.82, 2.24) is 4.90 Å². The number of nitrogens with one attached hydrogen (secondary N) is 2. The number of amidine groups is 2. The Balaban J connectivity index is 1.91. The smallest absolute Gasteiger partial charge is 0.323 e. The van der Waals surface area contributed by atoms with E-state index in [0.717, 1.165) is 4.31 Å². The molecule has 1 amide bonds. The molecular weight excluding hydrogens is 548 g/mol. The Morgan fingerprint density at radius 3 is 2.44 bits per heavy atom. The van der Waals surface area contributed by atoms with Crippen LogP contribution in [-0.4, -0.2) is 75.0 Å². The number of sulfonamides is 1. The van der Waals surface area contributed by atoms with Gasteiger partial charge in [0.05, 0.1) is 30.2 Å². The van der Waals surface area contributed by atoms with Crippen LogP contribution >= 0.6 is 0 Å². The second-order valence-electron chi connectivity index (χ2n) is 9.47. The van der Waals surface area contributed by atoms with E-state index in [2.05, 4.69) is 0 Å². The average molecular weight is 585 g/mol. The number of carbonyl (C=O) groups is 2. The van der Waals surface area contributed by atoms with Crippen molar-refractivity contribution in [3.05, 3.63) is 65.2 Å². The van der Waals surface area contributed by atoms with Gasteiger partial charge in [0.2, 0.25) is 10.0 Å². The molecule has 0 spiro atoms. The van der Waals surface area contributed by atoms with Crippen LogP contribution in [0.15, 0.2) is 48.5 Å². The molecule has 0 unspecified atom stereocenters. The minimum Gasteiger partial charge on any atom is -0.489 e. The SMILES string of the molecule is CCOC(=O)CS(=O)(=O)N(C/C=C/c1cccc(C(=N)N)c1)c1ccc(OC2CCN(C(C)=N)CC2)c(C(N)=O)c1. The third-order valence-corrected chi connectivity index (χ3v) is 8.08. The second-order valence-corrected chi connectivity index (χ2v) is 11.4. The Morgan fingerprint density at radius 2 is 1.83 bits per heavy atom. The number of anilines is 1. The van der Waals surface area contributed by atoms with Crippen molar-refractivity contribution >= 4 is 45.3 Å². The number of ether oxygens (including phenoxy) is 2.